The maximum Gasteiger partial charge on any atom is 0.272 e. The molecule has 0 spiro atoms. The first-order valence-corrected chi connectivity index (χ1v) is 5.89. The maximum atomic E-state index is 12.0. The Bertz CT molecular complexity index is 734. The molecule has 2 rings (SSSR count). The number of carbonyl (C=O) groups excluding carboxylic acids is 2. The number of carbonyl (C=O) groups is 2. The van der Waals surface area contributed by atoms with E-state index in [1.54, 1.807) is 25.1 Å². The largest absolute Gasteiger partial charge is 0.366 e. The Labute approximate surface area is 114 Å². The fourth-order valence-corrected chi connectivity index (χ4v) is 1.81. The summed E-state index contributed by atoms with van der Waals surface area (Å²) >= 11 is 0. The van der Waals surface area contributed by atoms with E-state index in [1.165, 1.54) is 18.2 Å². The zero-order valence-corrected chi connectivity index (χ0v) is 10.8. The van der Waals surface area contributed by atoms with Crippen molar-refractivity contribution in [1.29, 1.82) is 0 Å². The van der Waals surface area contributed by atoms with E-state index in [1.807, 2.05) is 0 Å². The molecule has 0 aliphatic rings. The van der Waals surface area contributed by atoms with Crippen molar-refractivity contribution < 1.29 is 9.59 Å². The van der Waals surface area contributed by atoms with Gasteiger partial charge in [0.05, 0.1) is 0 Å². The number of anilines is 1. The Morgan fingerprint density at radius 2 is 1.85 bits per heavy atom. The molecule has 1 aromatic carbocycles. The molecule has 0 radical (unpaired) electrons. The van der Waals surface area contributed by atoms with Crippen molar-refractivity contribution in [1.82, 2.24) is 4.98 Å². The highest BCUT2D eigenvalue weighted by atomic mass is 16.2. The lowest BCUT2D eigenvalue weighted by atomic mass is 10.1. The monoisotopic (exact) mass is 271 g/mol. The van der Waals surface area contributed by atoms with E-state index in [0.717, 1.165) is 0 Å². The van der Waals surface area contributed by atoms with Crippen LogP contribution in [0, 0.1) is 6.92 Å². The molecule has 6 nitrogen and oxygen atoms in total. The molecule has 0 unspecified atom stereocenters. The van der Waals surface area contributed by atoms with E-state index in [9.17, 15) is 14.4 Å². The van der Waals surface area contributed by atoms with Crippen LogP contribution >= 0.6 is 0 Å². The number of aromatic amines is 1. The van der Waals surface area contributed by atoms with Crippen molar-refractivity contribution in [2.24, 2.45) is 5.73 Å². The van der Waals surface area contributed by atoms with Gasteiger partial charge in [-0.3, -0.25) is 14.4 Å². The van der Waals surface area contributed by atoms with Gasteiger partial charge in [0.25, 0.3) is 5.91 Å². The highest BCUT2D eigenvalue weighted by molar-refractivity contribution is 6.04. The number of H-pyrrole nitrogens is 1. The smallest absolute Gasteiger partial charge is 0.272 e. The SMILES string of the molecule is Cc1c(NC(=O)c2cccc(=O)[nH]2)cccc1C(N)=O. The van der Waals surface area contributed by atoms with Crippen molar-refractivity contribution in [2.45, 2.75) is 6.92 Å². The summed E-state index contributed by atoms with van der Waals surface area (Å²) < 4.78 is 0. The number of amides is 2. The number of pyridine rings is 1. The molecular weight excluding hydrogens is 258 g/mol. The highest BCUT2D eigenvalue weighted by Gasteiger charge is 2.12. The molecule has 0 saturated carbocycles. The van der Waals surface area contributed by atoms with E-state index in [2.05, 4.69) is 10.3 Å². The molecule has 102 valence electrons. The van der Waals surface area contributed by atoms with Crippen LogP contribution < -0.4 is 16.6 Å². The van der Waals surface area contributed by atoms with Crippen LogP contribution in [0.15, 0.2) is 41.2 Å². The summed E-state index contributed by atoms with van der Waals surface area (Å²) in [6.45, 7) is 1.68. The quantitative estimate of drug-likeness (QED) is 0.776. The zero-order chi connectivity index (χ0) is 14.7. The van der Waals surface area contributed by atoms with Crippen LogP contribution in [0.1, 0.15) is 26.4 Å². The highest BCUT2D eigenvalue weighted by Crippen LogP contribution is 2.19. The second kappa shape index (κ2) is 5.40. The first-order chi connectivity index (χ1) is 9.49. The lowest BCUT2D eigenvalue weighted by molar-refractivity contribution is 0.0995. The minimum Gasteiger partial charge on any atom is -0.366 e. The number of benzene rings is 1. The summed E-state index contributed by atoms with van der Waals surface area (Å²) in [5.41, 5.74) is 6.41. The molecule has 0 atom stereocenters. The van der Waals surface area contributed by atoms with Gasteiger partial charge in [0.2, 0.25) is 11.5 Å². The van der Waals surface area contributed by atoms with E-state index in [0.29, 0.717) is 16.8 Å². The normalized spacial score (nSPS) is 10.1. The average molecular weight is 271 g/mol. The fourth-order valence-electron chi connectivity index (χ4n) is 1.81. The summed E-state index contributed by atoms with van der Waals surface area (Å²) in [5.74, 6) is -1.03. The molecule has 0 bridgehead atoms. The Balaban J connectivity index is 2.31. The Hall–Kier alpha value is -2.89. The zero-order valence-electron chi connectivity index (χ0n) is 10.8. The van der Waals surface area contributed by atoms with Crippen molar-refractivity contribution in [3.8, 4) is 0 Å². The lowest BCUT2D eigenvalue weighted by Gasteiger charge is -2.10. The van der Waals surface area contributed by atoms with Gasteiger partial charge >= 0.3 is 0 Å². The minimum atomic E-state index is -0.563. The topological polar surface area (TPSA) is 105 Å². The Morgan fingerprint density at radius 3 is 2.50 bits per heavy atom. The molecule has 0 saturated heterocycles. The van der Waals surface area contributed by atoms with Crippen LogP contribution in [-0.4, -0.2) is 16.8 Å². The Morgan fingerprint density at radius 1 is 1.15 bits per heavy atom. The molecule has 1 heterocycles. The fraction of sp³-hybridized carbons (Fsp3) is 0.0714. The molecule has 2 amide bonds. The second-order valence-electron chi connectivity index (χ2n) is 4.23. The summed E-state index contributed by atoms with van der Waals surface area (Å²) in [7, 11) is 0. The summed E-state index contributed by atoms with van der Waals surface area (Å²) in [5, 5.41) is 2.63. The summed E-state index contributed by atoms with van der Waals surface area (Å²) in [4.78, 5) is 36.8. The third kappa shape index (κ3) is 2.74. The summed E-state index contributed by atoms with van der Waals surface area (Å²) in [6.07, 6.45) is 0. The van der Waals surface area contributed by atoms with Crippen molar-refractivity contribution in [3.63, 3.8) is 0 Å². The van der Waals surface area contributed by atoms with Gasteiger partial charge in [0, 0.05) is 17.3 Å². The number of aromatic nitrogens is 1. The van der Waals surface area contributed by atoms with Crippen molar-refractivity contribution in [3.05, 3.63) is 63.6 Å². The third-order valence-electron chi connectivity index (χ3n) is 2.86. The van der Waals surface area contributed by atoms with E-state index < -0.39 is 11.8 Å². The number of nitrogens with two attached hydrogens (primary N) is 1. The maximum absolute atomic E-state index is 12.0. The van der Waals surface area contributed by atoms with Crippen molar-refractivity contribution in [2.75, 3.05) is 5.32 Å². The molecule has 4 N–H and O–H groups in total. The van der Waals surface area contributed by atoms with Gasteiger partial charge in [-0.05, 0) is 30.7 Å². The number of nitrogens with one attached hydrogen (secondary N) is 2. The number of hydrogen-bond acceptors (Lipinski definition) is 3. The number of hydrogen-bond donors (Lipinski definition) is 3. The molecule has 20 heavy (non-hydrogen) atoms. The van der Waals surface area contributed by atoms with E-state index in [-0.39, 0.29) is 11.3 Å². The first-order valence-electron chi connectivity index (χ1n) is 5.89. The van der Waals surface area contributed by atoms with Crippen LogP contribution in [0.25, 0.3) is 0 Å². The van der Waals surface area contributed by atoms with Crippen LogP contribution in [0.3, 0.4) is 0 Å². The van der Waals surface area contributed by atoms with Crippen LogP contribution in [0.2, 0.25) is 0 Å². The predicted molar refractivity (Wildman–Crippen MR) is 74.7 cm³/mol. The van der Waals surface area contributed by atoms with Gasteiger partial charge in [0.15, 0.2) is 0 Å². The second-order valence-corrected chi connectivity index (χ2v) is 4.23. The molecule has 2 aromatic rings. The van der Waals surface area contributed by atoms with Gasteiger partial charge in [-0.2, -0.15) is 0 Å². The minimum absolute atomic E-state index is 0.140. The number of rotatable bonds is 3. The standard InChI is InChI=1S/C14H13N3O3/c1-8-9(13(15)19)4-2-5-10(8)17-14(20)11-6-3-7-12(18)16-11/h2-7H,1H3,(H2,15,19)(H,16,18)(H,17,20). The van der Waals surface area contributed by atoms with Crippen LogP contribution in [-0.2, 0) is 0 Å². The molecule has 1 aromatic heterocycles. The third-order valence-corrected chi connectivity index (χ3v) is 2.86. The van der Waals surface area contributed by atoms with Crippen molar-refractivity contribution >= 4 is 17.5 Å². The molecule has 0 aliphatic carbocycles. The lowest BCUT2D eigenvalue weighted by Crippen LogP contribution is -2.19. The van der Waals surface area contributed by atoms with Gasteiger partial charge < -0.3 is 16.0 Å². The Kier molecular flexibility index (Phi) is 3.65. The predicted octanol–water partition coefficient (Wildman–Crippen LogP) is 1.03. The first kappa shape index (κ1) is 13.5. The van der Waals surface area contributed by atoms with Crippen LogP contribution in [0.5, 0.6) is 0 Å². The molecule has 0 aliphatic heterocycles. The van der Waals surface area contributed by atoms with E-state index in [4.69, 9.17) is 5.73 Å². The van der Waals surface area contributed by atoms with Crippen LogP contribution in [0.4, 0.5) is 5.69 Å². The van der Waals surface area contributed by atoms with Gasteiger partial charge in [-0.15, -0.1) is 0 Å². The van der Waals surface area contributed by atoms with E-state index >= 15 is 0 Å². The van der Waals surface area contributed by atoms with Gasteiger partial charge in [-0.1, -0.05) is 12.1 Å². The van der Waals surface area contributed by atoms with Gasteiger partial charge in [0.1, 0.15) is 5.69 Å². The summed E-state index contributed by atoms with van der Waals surface area (Å²) in [6, 6.07) is 9.15. The average Bonchev–Trinajstić information content (AvgIpc) is 2.40. The molecular formula is C14H13N3O3. The molecule has 6 heteroatoms. The number of primary amides is 1. The molecule has 0 fully saturated rings. The van der Waals surface area contributed by atoms with Gasteiger partial charge in [-0.25, -0.2) is 0 Å².